The van der Waals surface area contributed by atoms with Gasteiger partial charge in [0, 0.05) is 24.2 Å². The van der Waals surface area contributed by atoms with Gasteiger partial charge in [-0.2, -0.15) is 0 Å². The van der Waals surface area contributed by atoms with E-state index in [0.717, 1.165) is 16.0 Å². The fourth-order valence-electron chi connectivity index (χ4n) is 4.12. The number of imide groups is 1. The molecule has 1 saturated heterocycles. The van der Waals surface area contributed by atoms with Crippen LogP contribution in [0.2, 0.25) is 0 Å². The molecule has 0 radical (unpaired) electrons. The molecule has 36 heavy (non-hydrogen) atoms. The van der Waals surface area contributed by atoms with Crippen LogP contribution in [0.4, 0.5) is 11.4 Å². The third kappa shape index (κ3) is 5.10. The summed E-state index contributed by atoms with van der Waals surface area (Å²) in [6.45, 7) is 4.33. The first-order valence-electron chi connectivity index (χ1n) is 11.5. The van der Waals surface area contributed by atoms with Crippen LogP contribution in [0, 0.1) is 17.0 Å². The summed E-state index contributed by atoms with van der Waals surface area (Å²) >= 11 is 0. The topological polar surface area (TPSA) is 110 Å². The van der Waals surface area contributed by atoms with Crippen molar-refractivity contribution in [1.82, 2.24) is 4.90 Å². The number of non-ortho nitro benzene ring substituents is 1. The van der Waals surface area contributed by atoms with Gasteiger partial charge in [-0.3, -0.25) is 24.5 Å². The Kier molecular flexibility index (Phi) is 7.10. The van der Waals surface area contributed by atoms with Gasteiger partial charge in [0.2, 0.25) is 5.91 Å². The van der Waals surface area contributed by atoms with Gasteiger partial charge in [-0.05, 0) is 49.7 Å². The van der Waals surface area contributed by atoms with Crippen LogP contribution in [-0.4, -0.2) is 40.2 Å². The molecular weight excluding hydrogens is 462 g/mol. The summed E-state index contributed by atoms with van der Waals surface area (Å²) < 4.78 is 5.43. The van der Waals surface area contributed by atoms with E-state index in [0.29, 0.717) is 18.0 Å². The Labute approximate surface area is 208 Å². The fraction of sp³-hybridized carbons (Fsp3) is 0.222. The molecule has 1 heterocycles. The summed E-state index contributed by atoms with van der Waals surface area (Å²) in [6.07, 6.45) is -0.196. The first-order chi connectivity index (χ1) is 17.3. The van der Waals surface area contributed by atoms with E-state index in [1.54, 1.807) is 24.3 Å². The Morgan fingerprint density at radius 3 is 2.42 bits per heavy atom. The summed E-state index contributed by atoms with van der Waals surface area (Å²) in [5.74, 6) is -0.928. The molecular formula is C27H25N3O6. The molecule has 0 saturated carbocycles. The Morgan fingerprint density at radius 1 is 1.08 bits per heavy atom. The molecule has 1 atom stereocenters. The van der Waals surface area contributed by atoms with Gasteiger partial charge in [-0.1, -0.05) is 35.9 Å². The molecule has 0 aromatic heterocycles. The summed E-state index contributed by atoms with van der Waals surface area (Å²) in [7, 11) is 0. The number of hydrogen-bond acceptors (Lipinski definition) is 6. The van der Waals surface area contributed by atoms with Crippen LogP contribution in [0.3, 0.4) is 0 Å². The first kappa shape index (κ1) is 24.6. The standard InChI is InChI=1S/C27H25N3O6/c1-3-36-23-13-11-21(12-14-23)29-25(31)16-24(27(29)33)28(17-19-9-7-18(2)8-10-19)26(32)20-5-4-6-22(15-20)30(34)35/h4-15,24H,3,16-17H2,1-2H3. The monoisotopic (exact) mass is 487 g/mol. The average Bonchev–Trinajstić information content (AvgIpc) is 3.17. The third-order valence-corrected chi connectivity index (χ3v) is 5.94. The minimum Gasteiger partial charge on any atom is -0.494 e. The lowest BCUT2D eigenvalue weighted by Gasteiger charge is -2.28. The van der Waals surface area contributed by atoms with Crippen molar-refractivity contribution >= 4 is 29.1 Å². The van der Waals surface area contributed by atoms with Crippen molar-refractivity contribution in [2.45, 2.75) is 32.9 Å². The molecule has 3 amide bonds. The van der Waals surface area contributed by atoms with E-state index in [1.807, 2.05) is 38.1 Å². The van der Waals surface area contributed by atoms with Crippen LogP contribution < -0.4 is 9.64 Å². The Bertz CT molecular complexity index is 1300. The largest absolute Gasteiger partial charge is 0.494 e. The molecule has 1 aliphatic rings. The molecule has 9 heteroatoms. The number of benzene rings is 3. The van der Waals surface area contributed by atoms with Crippen molar-refractivity contribution in [1.29, 1.82) is 0 Å². The van der Waals surface area contributed by atoms with Crippen LogP contribution in [0.5, 0.6) is 5.75 Å². The second-order valence-electron chi connectivity index (χ2n) is 8.44. The van der Waals surface area contributed by atoms with E-state index in [1.165, 1.54) is 29.2 Å². The van der Waals surface area contributed by atoms with Crippen molar-refractivity contribution in [3.05, 3.63) is 99.6 Å². The molecule has 0 bridgehead atoms. The van der Waals surface area contributed by atoms with Crippen molar-refractivity contribution in [3.8, 4) is 5.75 Å². The fourth-order valence-corrected chi connectivity index (χ4v) is 4.12. The summed E-state index contributed by atoms with van der Waals surface area (Å²) in [6, 6.07) is 18.3. The number of ether oxygens (including phenoxy) is 1. The molecule has 0 spiro atoms. The second-order valence-corrected chi connectivity index (χ2v) is 8.44. The number of rotatable bonds is 8. The molecule has 3 aromatic rings. The molecule has 1 fully saturated rings. The molecule has 3 aromatic carbocycles. The summed E-state index contributed by atoms with van der Waals surface area (Å²) in [5.41, 5.74) is 2.01. The zero-order valence-corrected chi connectivity index (χ0v) is 19.9. The van der Waals surface area contributed by atoms with E-state index >= 15 is 0 Å². The lowest BCUT2D eigenvalue weighted by Crippen LogP contribution is -2.45. The van der Waals surface area contributed by atoms with Crippen LogP contribution in [0.25, 0.3) is 0 Å². The number of carbonyl (C=O) groups excluding carboxylic acids is 3. The minimum absolute atomic E-state index is 0.0581. The Hall–Kier alpha value is -4.53. The SMILES string of the molecule is CCOc1ccc(N2C(=O)CC(N(Cc3ccc(C)cc3)C(=O)c3cccc([N+](=O)[O-])c3)C2=O)cc1. The third-order valence-electron chi connectivity index (χ3n) is 5.94. The number of nitro benzene ring substituents is 1. The number of anilines is 1. The zero-order chi connectivity index (χ0) is 25.8. The predicted octanol–water partition coefficient (Wildman–Crippen LogP) is 4.28. The van der Waals surface area contributed by atoms with E-state index < -0.39 is 28.7 Å². The van der Waals surface area contributed by atoms with Gasteiger partial charge in [0.15, 0.2) is 0 Å². The Morgan fingerprint density at radius 2 is 1.78 bits per heavy atom. The van der Waals surface area contributed by atoms with Crippen molar-refractivity contribution in [2.24, 2.45) is 0 Å². The van der Waals surface area contributed by atoms with E-state index in [-0.39, 0.29) is 24.2 Å². The highest BCUT2D eigenvalue weighted by molar-refractivity contribution is 6.23. The van der Waals surface area contributed by atoms with E-state index in [4.69, 9.17) is 4.74 Å². The summed E-state index contributed by atoms with van der Waals surface area (Å²) in [5, 5.41) is 11.3. The second kappa shape index (κ2) is 10.4. The van der Waals surface area contributed by atoms with Gasteiger partial charge in [0.1, 0.15) is 11.8 Å². The zero-order valence-electron chi connectivity index (χ0n) is 19.9. The average molecular weight is 488 g/mol. The number of amides is 3. The lowest BCUT2D eigenvalue weighted by atomic mass is 10.1. The highest BCUT2D eigenvalue weighted by Crippen LogP contribution is 2.29. The molecule has 0 aliphatic carbocycles. The maximum atomic E-state index is 13.6. The van der Waals surface area contributed by atoms with Gasteiger partial charge in [0.25, 0.3) is 17.5 Å². The number of hydrogen-bond donors (Lipinski definition) is 0. The Balaban J connectivity index is 1.68. The summed E-state index contributed by atoms with van der Waals surface area (Å²) in [4.78, 5) is 53.1. The van der Waals surface area contributed by atoms with Crippen molar-refractivity contribution in [3.63, 3.8) is 0 Å². The van der Waals surface area contributed by atoms with Gasteiger partial charge >= 0.3 is 0 Å². The minimum atomic E-state index is -1.06. The molecule has 4 rings (SSSR count). The number of carbonyl (C=O) groups is 3. The van der Waals surface area contributed by atoms with Crippen molar-refractivity contribution in [2.75, 3.05) is 11.5 Å². The lowest BCUT2D eigenvalue weighted by molar-refractivity contribution is -0.384. The van der Waals surface area contributed by atoms with Crippen molar-refractivity contribution < 1.29 is 24.0 Å². The molecule has 1 aliphatic heterocycles. The number of nitro groups is 1. The smallest absolute Gasteiger partial charge is 0.270 e. The highest BCUT2D eigenvalue weighted by atomic mass is 16.6. The van der Waals surface area contributed by atoms with Crippen LogP contribution in [0.15, 0.2) is 72.8 Å². The van der Waals surface area contributed by atoms with Gasteiger partial charge in [0.05, 0.1) is 23.6 Å². The molecule has 0 N–H and O–H groups in total. The maximum absolute atomic E-state index is 13.6. The normalized spacial score (nSPS) is 15.2. The van der Waals surface area contributed by atoms with Gasteiger partial charge in [-0.25, -0.2) is 4.90 Å². The van der Waals surface area contributed by atoms with Gasteiger partial charge < -0.3 is 9.64 Å². The van der Waals surface area contributed by atoms with Gasteiger partial charge in [-0.15, -0.1) is 0 Å². The van der Waals surface area contributed by atoms with Crippen LogP contribution >= 0.6 is 0 Å². The quantitative estimate of drug-likeness (QED) is 0.267. The molecule has 9 nitrogen and oxygen atoms in total. The highest BCUT2D eigenvalue weighted by Gasteiger charge is 2.44. The van der Waals surface area contributed by atoms with Crippen LogP contribution in [-0.2, 0) is 16.1 Å². The number of nitrogens with zero attached hydrogens (tertiary/aromatic N) is 3. The number of aryl methyl sites for hydroxylation is 1. The molecule has 184 valence electrons. The molecule has 1 unspecified atom stereocenters. The first-order valence-corrected chi connectivity index (χ1v) is 11.5. The van der Waals surface area contributed by atoms with E-state index in [9.17, 15) is 24.5 Å². The van der Waals surface area contributed by atoms with E-state index in [2.05, 4.69) is 0 Å². The van der Waals surface area contributed by atoms with Crippen LogP contribution in [0.1, 0.15) is 34.8 Å². The maximum Gasteiger partial charge on any atom is 0.270 e. The predicted molar refractivity (Wildman–Crippen MR) is 133 cm³/mol.